The summed E-state index contributed by atoms with van der Waals surface area (Å²) in [7, 11) is 0. The van der Waals surface area contributed by atoms with E-state index in [4.69, 9.17) is 0 Å². The summed E-state index contributed by atoms with van der Waals surface area (Å²) < 4.78 is 0. The molecule has 0 aromatic heterocycles. The first-order chi connectivity index (χ1) is 7.86. The normalized spacial score (nSPS) is 28.9. The topological polar surface area (TPSA) is 0 Å². The molecule has 0 aromatic rings. The molecule has 0 atom stereocenters. The van der Waals surface area contributed by atoms with E-state index < -0.39 is 0 Å². The monoisotopic (exact) mass is 216 g/mol. The van der Waals surface area contributed by atoms with Crippen LogP contribution in [0, 0.1) is 11.3 Å². The Kier molecular flexibility index (Phi) is 2.91. The molecule has 2 fully saturated rings. The van der Waals surface area contributed by atoms with Gasteiger partial charge in [-0.25, -0.2) is 0 Å². The molecule has 0 aliphatic heterocycles. The van der Waals surface area contributed by atoms with Crippen LogP contribution in [-0.4, -0.2) is 0 Å². The average Bonchev–Trinajstić information content (AvgIpc) is 2.94. The maximum atomic E-state index is 2.42. The van der Waals surface area contributed by atoms with Gasteiger partial charge >= 0.3 is 0 Å². The van der Waals surface area contributed by atoms with Crippen LogP contribution in [0.3, 0.4) is 0 Å². The van der Waals surface area contributed by atoms with Crippen molar-refractivity contribution >= 4 is 0 Å². The lowest BCUT2D eigenvalue weighted by Gasteiger charge is -2.37. The molecular weight excluding hydrogens is 192 g/mol. The molecule has 3 aliphatic carbocycles. The summed E-state index contributed by atoms with van der Waals surface area (Å²) in [6.07, 6.45) is 21.8. The molecule has 0 radical (unpaired) electrons. The van der Waals surface area contributed by atoms with Crippen molar-refractivity contribution in [2.45, 2.75) is 64.2 Å². The molecule has 0 unspecified atom stereocenters. The Morgan fingerprint density at radius 1 is 1.06 bits per heavy atom. The van der Waals surface area contributed by atoms with Crippen LogP contribution >= 0.6 is 0 Å². The van der Waals surface area contributed by atoms with Gasteiger partial charge in [0.1, 0.15) is 0 Å². The summed E-state index contributed by atoms with van der Waals surface area (Å²) in [4.78, 5) is 0. The average molecular weight is 216 g/mol. The van der Waals surface area contributed by atoms with Gasteiger partial charge in [0.15, 0.2) is 0 Å². The Bertz CT molecular complexity index is 292. The summed E-state index contributed by atoms with van der Waals surface area (Å²) in [5.41, 5.74) is 2.43. The van der Waals surface area contributed by atoms with E-state index in [1.807, 2.05) is 0 Å². The number of hydrogen-bond donors (Lipinski definition) is 0. The van der Waals surface area contributed by atoms with Crippen LogP contribution in [0.4, 0.5) is 0 Å². The van der Waals surface area contributed by atoms with Crippen LogP contribution in [0.2, 0.25) is 0 Å². The smallest absolute Gasteiger partial charge is 0.0160 e. The lowest BCUT2D eigenvalue weighted by atomic mass is 9.68. The van der Waals surface area contributed by atoms with Gasteiger partial charge < -0.3 is 0 Å². The van der Waals surface area contributed by atoms with E-state index >= 15 is 0 Å². The van der Waals surface area contributed by atoms with E-state index in [0.29, 0.717) is 0 Å². The van der Waals surface area contributed by atoms with Crippen LogP contribution in [0.25, 0.3) is 0 Å². The first-order valence-electron chi connectivity index (χ1n) is 7.22. The van der Waals surface area contributed by atoms with Gasteiger partial charge in [0, 0.05) is 0 Å². The zero-order valence-electron chi connectivity index (χ0n) is 10.4. The Morgan fingerprint density at radius 2 is 1.81 bits per heavy atom. The molecule has 2 saturated carbocycles. The molecular formula is C16H24. The third kappa shape index (κ3) is 2.12. The van der Waals surface area contributed by atoms with Gasteiger partial charge in [0.25, 0.3) is 0 Å². The van der Waals surface area contributed by atoms with Gasteiger partial charge in [0.2, 0.25) is 0 Å². The Labute approximate surface area is 99.8 Å². The maximum absolute atomic E-state index is 2.42. The lowest BCUT2D eigenvalue weighted by Crippen LogP contribution is -2.24. The van der Waals surface area contributed by atoms with E-state index in [1.165, 1.54) is 51.4 Å². The molecule has 0 heterocycles. The summed E-state index contributed by atoms with van der Waals surface area (Å²) in [6.45, 7) is 0. The van der Waals surface area contributed by atoms with Gasteiger partial charge in [-0.3, -0.25) is 0 Å². The van der Waals surface area contributed by atoms with Crippen LogP contribution in [-0.2, 0) is 0 Å². The Hall–Kier alpha value is -0.520. The Morgan fingerprint density at radius 3 is 2.44 bits per heavy atom. The minimum absolute atomic E-state index is 0.816. The molecule has 0 saturated heterocycles. The van der Waals surface area contributed by atoms with Gasteiger partial charge in [0.05, 0.1) is 0 Å². The quantitative estimate of drug-likeness (QED) is 0.608. The number of allylic oxidation sites excluding steroid dienone is 4. The van der Waals surface area contributed by atoms with E-state index in [9.17, 15) is 0 Å². The summed E-state index contributed by atoms with van der Waals surface area (Å²) in [5, 5.41) is 0. The molecule has 0 heteroatoms. The zero-order chi connectivity index (χ0) is 10.8. The fourth-order valence-electron chi connectivity index (χ4n) is 4.11. The number of hydrogen-bond acceptors (Lipinski definition) is 0. The SMILES string of the molecule is C1=CC(CC2CCC3(CCCC3)CC2)=CC1. The zero-order valence-corrected chi connectivity index (χ0v) is 10.4. The minimum Gasteiger partial charge on any atom is -0.0805 e. The summed E-state index contributed by atoms with van der Waals surface area (Å²) in [5.74, 6) is 1.00. The van der Waals surface area contributed by atoms with Crippen LogP contribution < -0.4 is 0 Å². The molecule has 0 N–H and O–H groups in total. The number of rotatable bonds is 2. The highest BCUT2D eigenvalue weighted by atomic mass is 14.4. The molecule has 1 spiro atoms. The van der Waals surface area contributed by atoms with Gasteiger partial charge in [-0.05, 0) is 62.7 Å². The lowest BCUT2D eigenvalue weighted by molar-refractivity contribution is 0.155. The highest BCUT2D eigenvalue weighted by Gasteiger charge is 2.37. The van der Waals surface area contributed by atoms with Crippen molar-refractivity contribution < 1.29 is 0 Å². The molecule has 3 rings (SSSR count). The molecule has 88 valence electrons. The predicted octanol–water partition coefficient (Wildman–Crippen LogP) is 5.01. The minimum atomic E-state index is 0.816. The highest BCUT2D eigenvalue weighted by molar-refractivity contribution is 5.26. The molecule has 0 amide bonds. The Balaban J connectivity index is 1.52. The van der Waals surface area contributed by atoms with Crippen molar-refractivity contribution in [2.75, 3.05) is 0 Å². The predicted molar refractivity (Wildman–Crippen MR) is 69.3 cm³/mol. The van der Waals surface area contributed by atoms with E-state index in [1.54, 1.807) is 18.4 Å². The van der Waals surface area contributed by atoms with Crippen LogP contribution in [0.15, 0.2) is 23.8 Å². The molecule has 0 nitrogen and oxygen atoms in total. The van der Waals surface area contributed by atoms with Crippen LogP contribution in [0.5, 0.6) is 0 Å². The van der Waals surface area contributed by atoms with Gasteiger partial charge in [-0.2, -0.15) is 0 Å². The molecule has 0 bridgehead atoms. The standard InChI is InChI=1S/C16H24/c1-2-6-14(5-1)13-15-7-11-16(12-8-15)9-3-4-10-16/h1,5-6,15H,2-4,7-13H2. The molecule has 3 aliphatic rings. The van der Waals surface area contributed by atoms with Gasteiger partial charge in [-0.1, -0.05) is 36.6 Å². The van der Waals surface area contributed by atoms with E-state index in [-0.39, 0.29) is 0 Å². The summed E-state index contributed by atoms with van der Waals surface area (Å²) >= 11 is 0. The van der Waals surface area contributed by atoms with Crippen LogP contribution in [0.1, 0.15) is 64.2 Å². The third-order valence-electron chi connectivity index (χ3n) is 5.20. The second kappa shape index (κ2) is 4.39. The molecule has 0 aromatic carbocycles. The van der Waals surface area contributed by atoms with E-state index in [2.05, 4.69) is 18.2 Å². The van der Waals surface area contributed by atoms with Gasteiger partial charge in [-0.15, -0.1) is 0 Å². The summed E-state index contributed by atoms with van der Waals surface area (Å²) in [6, 6.07) is 0. The van der Waals surface area contributed by atoms with Crippen molar-refractivity contribution in [3.05, 3.63) is 23.8 Å². The fourth-order valence-corrected chi connectivity index (χ4v) is 4.11. The van der Waals surface area contributed by atoms with Crippen molar-refractivity contribution in [3.63, 3.8) is 0 Å². The van der Waals surface area contributed by atoms with Crippen molar-refractivity contribution in [2.24, 2.45) is 11.3 Å². The highest BCUT2D eigenvalue weighted by Crippen LogP contribution is 2.51. The molecule has 16 heavy (non-hydrogen) atoms. The second-order valence-electron chi connectivity index (χ2n) is 6.27. The van der Waals surface area contributed by atoms with Crippen molar-refractivity contribution in [3.8, 4) is 0 Å². The first-order valence-corrected chi connectivity index (χ1v) is 7.22. The second-order valence-corrected chi connectivity index (χ2v) is 6.27. The fraction of sp³-hybridized carbons (Fsp3) is 0.750. The maximum Gasteiger partial charge on any atom is -0.0160 e. The van der Waals surface area contributed by atoms with E-state index in [0.717, 1.165) is 11.3 Å². The van der Waals surface area contributed by atoms with Crippen molar-refractivity contribution in [1.29, 1.82) is 0 Å². The third-order valence-corrected chi connectivity index (χ3v) is 5.20. The van der Waals surface area contributed by atoms with Crippen molar-refractivity contribution in [1.82, 2.24) is 0 Å². The first kappa shape index (κ1) is 10.6. The largest absolute Gasteiger partial charge is 0.0805 e.